The molecule has 4 aromatic rings. The number of benzene rings is 1. The van der Waals surface area contributed by atoms with E-state index in [1.54, 1.807) is 61.2 Å². The molecule has 34 heavy (non-hydrogen) atoms. The topological polar surface area (TPSA) is 66.2 Å². The Morgan fingerprint density at radius 3 is 2.56 bits per heavy atom. The maximum absolute atomic E-state index is 13.5. The van der Waals surface area contributed by atoms with E-state index < -0.39 is 8.07 Å². The van der Waals surface area contributed by atoms with Crippen LogP contribution in [-0.4, -0.2) is 35.0 Å². The molecule has 0 aliphatic rings. The number of hydrogen-bond donors (Lipinski definition) is 0. The summed E-state index contributed by atoms with van der Waals surface area (Å²) in [6.07, 6.45) is 6.61. The molecule has 0 unspecified atom stereocenters. The fourth-order valence-corrected chi connectivity index (χ4v) is 4.68. The van der Waals surface area contributed by atoms with E-state index in [1.165, 1.54) is 0 Å². The van der Waals surface area contributed by atoms with E-state index in [9.17, 15) is 4.79 Å². The number of nitrogens with zero attached hydrogens (tertiary/aromatic N) is 3. The monoisotopic (exact) mass is 513 g/mol. The molecule has 0 N–H and O–H groups in total. The number of halogens is 2. The predicted molar refractivity (Wildman–Crippen MR) is 138 cm³/mol. The Bertz CT molecular complexity index is 1320. The van der Waals surface area contributed by atoms with E-state index in [0.29, 0.717) is 45.3 Å². The predicted octanol–water partition coefficient (Wildman–Crippen LogP) is 7.07. The number of aromatic nitrogens is 3. The van der Waals surface area contributed by atoms with Crippen LogP contribution in [0.1, 0.15) is 15.9 Å². The number of ether oxygens (including phenoxy) is 2. The molecule has 4 rings (SSSR count). The van der Waals surface area contributed by atoms with Crippen LogP contribution in [0.15, 0.2) is 61.2 Å². The number of fused-ring (bicyclic) bond motifs is 1. The summed E-state index contributed by atoms with van der Waals surface area (Å²) in [5.74, 6) is 0.832. The standard InChI is InChI=1S/C25H25Cl2N3O3Si/c1-34(2,3)12-11-32-16-30-15-20(23-21(26)8-10-29-25(23)30)24(31)19-7-6-17(13-22(19)27)33-18-5-4-9-28-14-18/h4-10,13-15H,11-12,16H2,1-3H3. The fraction of sp³-hybridized carbons (Fsp3) is 0.240. The van der Waals surface area contributed by atoms with Gasteiger partial charge in [0.15, 0.2) is 5.78 Å². The number of carbonyl (C=O) groups excluding carboxylic acids is 1. The van der Waals surface area contributed by atoms with Crippen LogP contribution in [0.3, 0.4) is 0 Å². The number of pyridine rings is 2. The van der Waals surface area contributed by atoms with Crippen molar-refractivity contribution in [3.63, 3.8) is 0 Å². The van der Waals surface area contributed by atoms with Gasteiger partial charge in [0.1, 0.15) is 23.9 Å². The van der Waals surface area contributed by atoms with Crippen LogP contribution in [0.2, 0.25) is 35.7 Å². The Hall–Kier alpha value is -2.71. The highest BCUT2D eigenvalue weighted by molar-refractivity contribution is 6.76. The van der Waals surface area contributed by atoms with E-state index in [4.69, 9.17) is 32.7 Å². The lowest BCUT2D eigenvalue weighted by Crippen LogP contribution is -2.22. The molecule has 0 atom stereocenters. The molecule has 3 aromatic heterocycles. The molecule has 6 nitrogen and oxygen atoms in total. The van der Waals surface area contributed by atoms with Crippen LogP contribution in [0, 0.1) is 0 Å². The van der Waals surface area contributed by atoms with E-state index in [1.807, 2.05) is 4.57 Å². The fourth-order valence-electron chi connectivity index (χ4n) is 3.42. The molecule has 1 aromatic carbocycles. The largest absolute Gasteiger partial charge is 0.456 e. The molecule has 0 radical (unpaired) electrons. The van der Waals surface area contributed by atoms with Gasteiger partial charge in [0, 0.05) is 50.3 Å². The molecule has 9 heteroatoms. The van der Waals surface area contributed by atoms with E-state index >= 15 is 0 Å². The van der Waals surface area contributed by atoms with Crippen LogP contribution in [-0.2, 0) is 11.5 Å². The van der Waals surface area contributed by atoms with Crippen LogP contribution >= 0.6 is 23.2 Å². The molecule has 0 saturated heterocycles. The average molecular weight is 514 g/mol. The molecular weight excluding hydrogens is 489 g/mol. The van der Waals surface area contributed by atoms with Gasteiger partial charge in [0.25, 0.3) is 0 Å². The minimum Gasteiger partial charge on any atom is -0.456 e. The maximum atomic E-state index is 13.5. The number of ketones is 1. The zero-order valence-electron chi connectivity index (χ0n) is 19.2. The highest BCUT2D eigenvalue weighted by atomic mass is 35.5. The van der Waals surface area contributed by atoms with Gasteiger partial charge in [-0.15, -0.1) is 0 Å². The quantitative estimate of drug-likeness (QED) is 0.136. The third-order valence-corrected chi connectivity index (χ3v) is 7.56. The summed E-state index contributed by atoms with van der Waals surface area (Å²) >= 11 is 13.0. The summed E-state index contributed by atoms with van der Waals surface area (Å²) in [7, 11) is -1.20. The first kappa shape index (κ1) is 24.4. The zero-order chi connectivity index (χ0) is 24.3. The van der Waals surface area contributed by atoms with E-state index in [2.05, 4.69) is 29.6 Å². The van der Waals surface area contributed by atoms with Crippen LogP contribution in [0.4, 0.5) is 0 Å². The molecule has 0 bridgehead atoms. The third-order valence-electron chi connectivity index (χ3n) is 5.23. The first-order chi connectivity index (χ1) is 16.2. The first-order valence-electron chi connectivity index (χ1n) is 10.9. The Morgan fingerprint density at radius 1 is 1.03 bits per heavy atom. The molecule has 0 fully saturated rings. The summed E-state index contributed by atoms with van der Waals surface area (Å²) in [5.41, 5.74) is 1.36. The van der Waals surface area contributed by atoms with Crippen molar-refractivity contribution < 1.29 is 14.3 Å². The molecule has 0 aliphatic heterocycles. The van der Waals surface area contributed by atoms with Gasteiger partial charge in [-0.2, -0.15) is 0 Å². The Labute approximate surface area is 209 Å². The average Bonchev–Trinajstić information content (AvgIpc) is 3.16. The molecule has 3 heterocycles. The summed E-state index contributed by atoms with van der Waals surface area (Å²) < 4.78 is 13.5. The summed E-state index contributed by atoms with van der Waals surface area (Å²) in [4.78, 5) is 22.0. The van der Waals surface area contributed by atoms with E-state index in [0.717, 1.165) is 6.04 Å². The minimum absolute atomic E-state index is 0.251. The van der Waals surface area contributed by atoms with Gasteiger partial charge in [-0.1, -0.05) is 42.8 Å². The summed E-state index contributed by atoms with van der Waals surface area (Å²) in [6, 6.07) is 11.2. The summed E-state index contributed by atoms with van der Waals surface area (Å²) in [5, 5.41) is 1.30. The lowest BCUT2D eigenvalue weighted by atomic mass is 10.0. The Morgan fingerprint density at radius 2 is 1.85 bits per heavy atom. The van der Waals surface area contributed by atoms with Crippen molar-refractivity contribution in [2.45, 2.75) is 32.4 Å². The zero-order valence-corrected chi connectivity index (χ0v) is 21.7. The smallest absolute Gasteiger partial charge is 0.196 e. The van der Waals surface area contributed by atoms with Gasteiger partial charge >= 0.3 is 0 Å². The molecule has 0 spiro atoms. The van der Waals surface area contributed by atoms with Crippen molar-refractivity contribution in [2.24, 2.45) is 0 Å². The van der Waals surface area contributed by atoms with Crippen molar-refractivity contribution in [2.75, 3.05) is 6.61 Å². The van der Waals surface area contributed by atoms with Crippen molar-refractivity contribution in [3.05, 3.63) is 82.4 Å². The van der Waals surface area contributed by atoms with Crippen molar-refractivity contribution >= 4 is 48.1 Å². The van der Waals surface area contributed by atoms with Gasteiger partial charge in [-0.25, -0.2) is 4.98 Å². The van der Waals surface area contributed by atoms with Gasteiger partial charge in [0.2, 0.25) is 0 Å². The summed E-state index contributed by atoms with van der Waals surface area (Å²) in [6.45, 7) is 7.85. The van der Waals surface area contributed by atoms with Gasteiger partial charge in [0.05, 0.1) is 21.8 Å². The van der Waals surface area contributed by atoms with E-state index in [-0.39, 0.29) is 17.5 Å². The van der Waals surface area contributed by atoms with Crippen LogP contribution in [0.5, 0.6) is 11.5 Å². The highest BCUT2D eigenvalue weighted by Crippen LogP contribution is 2.32. The van der Waals surface area contributed by atoms with Gasteiger partial charge in [-0.3, -0.25) is 9.78 Å². The normalized spacial score (nSPS) is 11.7. The molecule has 0 amide bonds. The number of hydrogen-bond acceptors (Lipinski definition) is 5. The Kier molecular flexibility index (Phi) is 7.38. The lowest BCUT2D eigenvalue weighted by molar-refractivity contribution is 0.0896. The highest BCUT2D eigenvalue weighted by Gasteiger charge is 2.22. The number of rotatable bonds is 9. The van der Waals surface area contributed by atoms with Crippen molar-refractivity contribution in [1.29, 1.82) is 0 Å². The SMILES string of the molecule is C[Si](C)(C)CCOCn1cc(C(=O)c2ccc(Oc3cccnc3)cc2Cl)c2c(Cl)ccnc21. The molecular formula is C25H25Cl2N3O3Si. The maximum Gasteiger partial charge on any atom is 0.196 e. The Balaban J connectivity index is 1.61. The van der Waals surface area contributed by atoms with Crippen LogP contribution < -0.4 is 4.74 Å². The lowest BCUT2D eigenvalue weighted by Gasteiger charge is -2.15. The first-order valence-corrected chi connectivity index (χ1v) is 15.3. The molecule has 176 valence electrons. The second-order valence-electron chi connectivity index (χ2n) is 9.11. The van der Waals surface area contributed by atoms with Crippen molar-refractivity contribution in [3.8, 4) is 11.5 Å². The van der Waals surface area contributed by atoms with Crippen LogP contribution in [0.25, 0.3) is 11.0 Å². The molecule has 0 saturated carbocycles. The van der Waals surface area contributed by atoms with Gasteiger partial charge < -0.3 is 14.0 Å². The second kappa shape index (κ2) is 10.3. The second-order valence-corrected chi connectivity index (χ2v) is 15.5. The minimum atomic E-state index is -1.20. The molecule has 0 aliphatic carbocycles. The number of carbonyl (C=O) groups is 1. The van der Waals surface area contributed by atoms with Gasteiger partial charge in [-0.05, 0) is 36.4 Å². The third kappa shape index (κ3) is 5.67. The van der Waals surface area contributed by atoms with Crippen molar-refractivity contribution in [1.82, 2.24) is 14.5 Å².